The highest BCUT2D eigenvalue weighted by atomic mass is 35.5. The molecule has 9 heteroatoms. The van der Waals surface area contributed by atoms with Crippen molar-refractivity contribution in [2.75, 3.05) is 26.3 Å². The van der Waals surface area contributed by atoms with Crippen LogP contribution in [0.1, 0.15) is 48.5 Å². The molecule has 0 radical (unpaired) electrons. The van der Waals surface area contributed by atoms with Gasteiger partial charge in [-0.25, -0.2) is 10.0 Å². The van der Waals surface area contributed by atoms with Gasteiger partial charge in [0.05, 0.1) is 6.61 Å². The quantitative estimate of drug-likeness (QED) is 0.257. The second kappa shape index (κ2) is 13.5. The number of ether oxygens (including phenoxy) is 2. The summed E-state index contributed by atoms with van der Waals surface area (Å²) < 4.78 is 12.2. The molecule has 7 nitrogen and oxygen atoms in total. The van der Waals surface area contributed by atoms with Crippen molar-refractivity contribution in [3.63, 3.8) is 0 Å². The van der Waals surface area contributed by atoms with Gasteiger partial charge in [0.25, 0.3) is 5.91 Å². The third-order valence-corrected chi connectivity index (χ3v) is 7.74. The van der Waals surface area contributed by atoms with Gasteiger partial charge in [-0.05, 0) is 54.8 Å². The van der Waals surface area contributed by atoms with Gasteiger partial charge < -0.3 is 14.6 Å². The number of rotatable bonds is 11. The average Bonchev–Trinajstić information content (AvgIpc) is 3.63. The first-order chi connectivity index (χ1) is 20.0. The summed E-state index contributed by atoms with van der Waals surface area (Å²) in [7, 11) is 0. The molecule has 214 valence electrons. The Kier molecular flexibility index (Phi) is 9.62. The van der Waals surface area contributed by atoms with Crippen LogP contribution < -0.4 is 10.2 Å². The van der Waals surface area contributed by atoms with Crippen LogP contribution in [0.4, 0.5) is 0 Å². The van der Waals surface area contributed by atoms with Crippen molar-refractivity contribution in [1.29, 1.82) is 0 Å². The van der Waals surface area contributed by atoms with Gasteiger partial charge in [-0.3, -0.25) is 10.2 Å². The van der Waals surface area contributed by atoms with Crippen LogP contribution in [0.15, 0.2) is 83.9 Å². The Labute approximate surface area is 250 Å². The molecule has 2 aliphatic rings. The number of nitrogens with one attached hydrogen (secondary N) is 1. The molecule has 2 heterocycles. The Morgan fingerprint density at radius 3 is 2.56 bits per heavy atom. The lowest BCUT2D eigenvalue weighted by Crippen LogP contribution is -2.53. The Bertz CT molecular complexity index is 1390. The first-order valence-electron chi connectivity index (χ1n) is 13.8. The first-order valence-corrected chi connectivity index (χ1v) is 14.6. The molecule has 0 aliphatic carbocycles. The predicted octanol–water partition coefficient (Wildman–Crippen LogP) is 6.24. The number of aliphatic hydroxyl groups is 1. The topological polar surface area (TPSA) is 83.4 Å². The van der Waals surface area contributed by atoms with E-state index in [0.717, 1.165) is 31.5 Å². The second-order valence-corrected chi connectivity index (χ2v) is 11.0. The molecule has 1 fully saturated rings. The van der Waals surface area contributed by atoms with E-state index in [2.05, 4.69) is 5.43 Å². The molecule has 0 bridgehead atoms. The molecular weight excluding hydrogens is 561 g/mol. The van der Waals surface area contributed by atoms with Crippen molar-refractivity contribution < 1.29 is 19.4 Å². The third-order valence-electron chi connectivity index (χ3n) is 7.18. The minimum absolute atomic E-state index is 0.0671. The van der Waals surface area contributed by atoms with E-state index in [-0.39, 0.29) is 18.9 Å². The number of hydrazine groups is 1. The molecule has 2 aliphatic heterocycles. The molecule has 0 aromatic heterocycles. The first kappa shape index (κ1) is 29.1. The maximum atomic E-state index is 14.2. The van der Waals surface area contributed by atoms with Gasteiger partial charge in [0, 0.05) is 53.7 Å². The van der Waals surface area contributed by atoms with Crippen molar-refractivity contribution >= 4 is 41.1 Å². The largest absolute Gasteiger partial charge is 0.494 e. The fourth-order valence-corrected chi connectivity index (χ4v) is 5.52. The number of carbonyl (C=O) groups excluding carboxylic acids is 1. The number of amides is 1. The fourth-order valence-electron chi connectivity index (χ4n) is 5.01. The van der Waals surface area contributed by atoms with Crippen molar-refractivity contribution in [2.24, 2.45) is 4.99 Å². The van der Waals surface area contributed by atoms with Crippen LogP contribution in [0, 0.1) is 0 Å². The summed E-state index contributed by atoms with van der Waals surface area (Å²) in [6.07, 6.45) is 6.01. The van der Waals surface area contributed by atoms with Crippen LogP contribution in [0.5, 0.6) is 5.75 Å². The number of hydrogen-bond acceptors (Lipinski definition) is 6. The van der Waals surface area contributed by atoms with E-state index in [1.54, 1.807) is 18.2 Å². The summed E-state index contributed by atoms with van der Waals surface area (Å²) >= 11 is 12.9. The van der Waals surface area contributed by atoms with Crippen LogP contribution in [0.25, 0.3) is 6.08 Å². The summed E-state index contributed by atoms with van der Waals surface area (Å²) in [6.45, 7) is 2.04. The van der Waals surface area contributed by atoms with Crippen molar-refractivity contribution in [2.45, 2.75) is 37.3 Å². The number of aliphatic imine (C=N–C) groups is 1. The van der Waals surface area contributed by atoms with Crippen LogP contribution in [-0.4, -0.2) is 53.8 Å². The van der Waals surface area contributed by atoms with Crippen molar-refractivity contribution in [1.82, 2.24) is 10.4 Å². The molecule has 1 saturated heterocycles. The third kappa shape index (κ3) is 6.93. The van der Waals surface area contributed by atoms with E-state index in [4.69, 9.17) is 42.8 Å². The number of hydrogen-bond donors (Lipinski definition) is 2. The minimum atomic E-state index is -1.34. The molecule has 1 amide bonds. The zero-order valence-corrected chi connectivity index (χ0v) is 24.2. The lowest BCUT2D eigenvalue weighted by atomic mass is 9.84. The van der Waals surface area contributed by atoms with Gasteiger partial charge in [0.15, 0.2) is 11.6 Å². The van der Waals surface area contributed by atoms with Gasteiger partial charge in [-0.2, -0.15) is 0 Å². The summed E-state index contributed by atoms with van der Waals surface area (Å²) in [5.74, 6) is 0.752. The minimum Gasteiger partial charge on any atom is -0.494 e. The Balaban J connectivity index is 1.54. The number of halogens is 2. The zero-order valence-electron chi connectivity index (χ0n) is 22.6. The lowest BCUT2D eigenvalue weighted by Gasteiger charge is -2.32. The van der Waals surface area contributed by atoms with E-state index in [0.29, 0.717) is 45.8 Å². The smallest absolute Gasteiger partial charge is 0.266 e. The molecule has 3 aromatic carbocycles. The Morgan fingerprint density at radius 1 is 1.10 bits per heavy atom. The van der Waals surface area contributed by atoms with Gasteiger partial charge in [-0.1, -0.05) is 71.8 Å². The summed E-state index contributed by atoms with van der Waals surface area (Å²) in [5, 5.41) is 11.9. The predicted molar refractivity (Wildman–Crippen MR) is 162 cm³/mol. The second-order valence-electron chi connectivity index (χ2n) is 10.1. The number of aliphatic hydroxyl groups excluding tert-OH is 1. The lowest BCUT2D eigenvalue weighted by molar-refractivity contribution is -0.133. The number of benzene rings is 3. The van der Waals surface area contributed by atoms with Crippen molar-refractivity contribution in [3.05, 3.63) is 106 Å². The maximum absolute atomic E-state index is 14.2. The van der Waals surface area contributed by atoms with E-state index < -0.39 is 11.6 Å². The van der Waals surface area contributed by atoms with Crippen LogP contribution in [0.2, 0.25) is 10.0 Å². The van der Waals surface area contributed by atoms with Gasteiger partial charge >= 0.3 is 0 Å². The van der Waals surface area contributed by atoms with E-state index in [9.17, 15) is 4.79 Å². The monoisotopic (exact) mass is 593 g/mol. The summed E-state index contributed by atoms with van der Waals surface area (Å²) in [6, 6.07) is 22.4. The molecule has 41 heavy (non-hydrogen) atoms. The normalized spacial score (nSPS) is 20.7. The fraction of sp³-hybridized carbons (Fsp3) is 0.312. The molecule has 0 unspecified atom stereocenters. The Hall–Kier alpha value is -3.36. The SMILES string of the molecule is O=C(NN1CCCC1)[C@@]1(C/C=C/c2ccccc2)N=C(c2ccc(OCCCO)cc2)O[C@H]1c1ccc(Cl)cc1Cl. The molecule has 0 spiro atoms. The molecule has 0 saturated carbocycles. The van der Waals surface area contributed by atoms with Gasteiger partial charge in [-0.15, -0.1) is 0 Å². The average molecular weight is 595 g/mol. The van der Waals surface area contributed by atoms with Gasteiger partial charge in [0.2, 0.25) is 5.90 Å². The van der Waals surface area contributed by atoms with Gasteiger partial charge in [0.1, 0.15) is 5.75 Å². The maximum Gasteiger partial charge on any atom is 0.266 e. The molecule has 2 N–H and O–H groups in total. The summed E-state index contributed by atoms with van der Waals surface area (Å²) in [5.41, 5.74) is 4.13. The van der Waals surface area contributed by atoms with Crippen LogP contribution in [0.3, 0.4) is 0 Å². The summed E-state index contributed by atoms with van der Waals surface area (Å²) in [4.78, 5) is 19.3. The van der Waals surface area contributed by atoms with Crippen LogP contribution >= 0.6 is 23.2 Å². The zero-order chi connectivity index (χ0) is 28.7. The molecule has 5 rings (SSSR count). The highest BCUT2D eigenvalue weighted by molar-refractivity contribution is 6.35. The van der Waals surface area contributed by atoms with Crippen LogP contribution in [-0.2, 0) is 9.53 Å². The molecule has 3 aromatic rings. The Morgan fingerprint density at radius 2 is 1.85 bits per heavy atom. The highest BCUT2D eigenvalue weighted by Crippen LogP contribution is 2.45. The number of nitrogens with zero attached hydrogens (tertiary/aromatic N) is 2. The van der Waals surface area contributed by atoms with E-state index >= 15 is 0 Å². The highest BCUT2D eigenvalue weighted by Gasteiger charge is 2.53. The van der Waals surface area contributed by atoms with E-state index in [1.165, 1.54) is 0 Å². The molecule has 2 atom stereocenters. The van der Waals surface area contributed by atoms with Crippen molar-refractivity contribution in [3.8, 4) is 5.75 Å². The standard InChI is InChI=1S/C32H33Cl2N3O4/c33-25-13-16-27(28(34)22-25)29-32(31(39)36-37-18-4-5-19-37,17-6-10-23-8-2-1-3-9-23)35-30(41-29)24-11-14-26(15-12-24)40-21-7-20-38/h1-3,6,8-16,22,29,38H,4-5,7,17-21H2,(H,36,39)/b10-6+/t29-,32-/m0/s1. The number of carbonyl (C=O) groups is 1. The van der Waals surface area contributed by atoms with E-state index in [1.807, 2.05) is 71.8 Å². The molecular formula is C32H33Cl2N3O4.